The SMILES string of the molecule is CN(C1CC1)[C@@H](CNC(=O)c1ccc(Cl)s1)C(=O)Nc1ccc(N2CCOCC2=O)c(C(F)F)c1. The number of amides is 3. The van der Waals surface area contributed by atoms with Crippen LogP contribution in [-0.2, 0) is 14.3 Å². The maximum Gasteiger partial charge on any atom is 0.265 e. The Bertz CT molecular complexity index is 1110. The predicted octanol–water partition coefficient (Wildman–Crippen LogP) is 3.53. The number of hydrogen-bond donors (Lipinski definition) is 2. The highest BCUT2D eigenvalue weighted by atomic mass is 35.5. The first kappa shape index (κ1) is 25.5. The highest BCUT2D eigenvalue weighted by Crippen LogP contribution is 2.33. The van der Waals surface area contributed by atoms with Gasteiger partial charge >= 0.3 is 0 Å². The lowest BCUT2D eigenvalue weighted by molar-refractivity contribution is -0.125. The van der Waals surface area contributed by atoms with Crippen molar-refractivity contribution in [2.45, 2.75) is 31.4 Å². The maximum absolute atomic E-state index is 13.9. The number of anilines is 2. The first-order chi connectivity index (χ1) is 16.7. The molecular weight excluding hydrogens is 502 g/mol. The smallest absolute Gasteiger partial charge is 0.265 e. The molecular formula is C23H25ClF2N4O4S. The number of rotatable bonds is 9. The van der Waals surface area contributed by atoms with Crippen LogP contribution >= 0.6 is 22.9 Å². The fourth-order valence-electron chi connectivity index (χ4n) is 3.92. The van der Waals surface area contributed by atoms with E-state index in [4.69, 9.17) is 16.3 Å². The molecule has 2 aliphatic rings. The van der Waals surface area contributed by atoms with Gasteiger partial charge in [0.15, 0.2) is 0 Å². The molecule has 1 aliphatic heterocycles. The van der Waals surface area contributed by atoms with E-state index in [0.717, 1.165) is 24.2 Å². The molecule has 3 amide bonds. The first-order valence-corrected chi connectivity index (χ1v) is 12.3. The summed E-state index contributed by atoms with van der Waals surface area (Å²) in [5, 5.41) is 5.46. The van der Waals surface area contributed by atoms with E-state index in [9.17, 15) is 23.2 Å². The molecule has 4 rings (SSSR count). The normalized spacial score (nSPS) is 17.1. The van der Waals surface area contributed by atoms with Crippen molar-refractivity contribution >= 4 is 52.0 Å². The molecule has 2 fully saturated rings. The van der Waals surface area contributed by atoms with E-state index in [1.54, 1.807) is 19.2 Å². The van der Waals surface area contributed by atoms with Gasteiger partial charge in [0.1, 0.15) is 12.6 Å². The van der Waals surface area contributed by atoms with E-state index < -0.39 is 24.3 Å². The van der Waals surface area contributed by atoms with Gasteiger partial charge in [-0.2, -0.15) is 0 Å². The zero-order chi connectivity index (χ0) is 25.1. The Balaban J connectivity index is 1.49. The van der Waals surface area contributed by atoms with Gasteiger partial charge in [-0.1, -0.05) is 11.6 Å². The molecule has 1 aromatic carbocycles. The van der Waals surface area contributed by atoms with Crippen molar-refractivity contribution in [2.75, 3.05) is 43.6 Å². The number of nitrogens with zero attached hydrogens (tertiary/aromatic N) is 2. The molecule has 1 saturated carbocycles. The van der Waals surface area contributed by atoms with E-state index >= 15 is 0 Å². The molecule has 1 aromatic heterocycles. The van der Waals surface area contributed by atoms with Crippen molar-refractivity contribution in [3.8, 4) is 0 Å². The number of carbonyl (C=O) groups excluding carboxylic acids is 3. The van der Waals surface area contributed by atoms with Crippen molar-refractivity contribution < 1.29 is 27.9 Å². The lowest BCUT2D eigenvalue weighted by atomic mass is 10.1. The average Bonchev–Trinajstić information content (AvgIpc) is 3.59. The summed E-state index contributed by atoms with van der Waals surface area (Å²) in [6, 6.07) is 6.80. The van der Waals surface area contributed by atoms with Crippen LogP contribution in [0, 0.1) is 0 Å². The van der Waals surface area contributed by atoms with Crippen LogP contribution in [0.1, 0.15) is 34.5 Å². The minimum absolute atomic E-state index is 0.0370. The summed E-state index contributed by atoms with van der Waals surface area (Å²) in [4.78, 5) is 41.3. The molecule has 2 N–H and O–H groups in total. The fourth-order valence-corrected chi connectivity index (χ4v) is 4.88. The highest BCUT2D eigenvalue weighted by molar-refractivity contribution is 7.18. The van der Waals surface area contributed by atoms with E-state index in [-0.39, 0.29) is 55.2 Å². The van der Waals surface area contributed by atoms with E-state index in [2.05, 4.69) is 10.6 Å². The van der Waals surface area contributed by atoms with Crippen molar-refractivity contribution in [3.05, 3.63) is 45.1 Å². The lowest BCUT2D eigenvalue weighted by Crippen LogP contribution is -2.50. The number of morpholine rings is 1. The summed E-state index contributed by atoms with van der Waals surface area (Å²) < 4.78 is 33.3. The van der Waals surface area contributed by atoms with Crippen LogP contribution in [0.2, 0.25) is 4.34 Å². The summed E-state index contributed by atoms with van der Waals surface area (Å²) in [6.45, 7) is 0.300. The Morgan fingerprint density at radius 1 is 1.29 bits per heavy atom. The van der Waals surface area contributed by atoms with Crippen molar-refractivity contribution in [2.24, 2.45) is 0 Å². The van der Waals surface area contributed by atoms with Gasteiger partial charge in [0.2, 0.25) is 5.91 Å². The average molecular weight is 527 g/mol. The number of ether oxygens (including phenoxy) is 1. The fraction of sp³-hybridized carbons (Fsp3) is 0.435. The van der Waals surface area contributed by atoms with Crippen LogP contribution < -0.4 is 15.5 Å². The minimum atomic E-state index is -2.85. The van der Waals surface area contributed by atoms with Crippen molar-refractivity contribution in [1.82, 2.24) is 10.2 Å². The molecule has 0 spiro atoms. The molecule has 1 saturated heterocycles. The third-order valence-corrected chi connectivity index (χ3v) is 7.21. The Hall–Kier alpha value is -2.60. The Labute approximate surface area is 210 Å². The molecule has 2 aromatic rings. The summed E-state index contributed by atoms with van der Waals surface area (Å²) in [5.74, 6) is -1.17. The topological polar surface area (TPSA) is 91.0 Å². The predicted molar refractivity (Wildman–Crippen MR) is 129 cm³/mol. The highest BCUT2D eigenvalue weighted by Gasteiger charge is 2.35. The second kappa shape index (κ2) is 11.0. The molecule has 0 radical (unpaired) electrons. The number of likely N-dealkylation sites (N-methyl/N-ethyl adjacent to an activating group) is 1. The number of nitrogens with one attached hydrogen (secondary N) is 2. The van der Waals surface area contributed by atoms with Gasteiger partial charge in [-0.05, 0) is 50.2 Å². The largest absolute Gasteiger partial charge is 0.370 e. The van der Waals surface area contributed by atoms with Gasteiger partial charge in [0, 0.05) is 30.4 Å². The Kier molecular flexibility index (Phi) is 8.00. The van der Waals surface area contributed by atoms with Crippen molar-refractivity contribution in [1.29, 1.82) is 0 Å². The molecule has 2 heterocycles. The molecule has 1 aliphatic carbocycles. The monoisotopic (exact) mass is 526 g/mol. The number of hydrogen-bond acceptors (Lipinski definition) is 6. The summed E-state index contributed by atoms with van der Waals surface area (Å²) in [7, 11) is 1.80. The zero-order valence-electron chi connectivity index (χ0n) is 18.9. The second-order valence-corrected chi connectivity index (χ2v) is 10.1. The van der Waals surface area contributed by atoms with E-state index in [1.165, 1.54) is 23.1 Å². The molecule has 35 heavy (non-hydrogen) atoms. The number of halogens is 3. The van der Waals surface area contributed by atoms with Crippen molar-refractivity contribution in [3.63, 3.8) is 0 Å². The van der Waals surface area contributed by atoms with Crippen LogP contribution in [0.5, 0.6) is 0 Å². The maximum atomic E-state index is 13.9. The van der Waals surface area contributed by atoms with Crippen LogP contribution in [-0.4, -0.2) is 68.1 Å². The van der Waals surface area contributed by atoms with Gasteiger partial charge < -0.3 is 20.3 Å². The van der Waals surface area contributed by atoms with E-state index in [0.29, 0.717) is 9.21 Å². The zero-order valence-corrected chi connectivity index (χ0v) is 20.5. The molecule has 0 bridgehead atoms. The quantitative estimate of drug-likeness (QED) is 0.521. The molecule has 1 atom stereocenters. The minimum Gasteiger partial charge on any atom is -0.370 e. The van der Waals surface area contributed by atoms with Crippen LogP contribution in [0.4, 0.5) is 20.2 Å². The van der Waals surface area contributed by atoms with Crippen LogP contribution in [0.15, 0.2) is 30.3 Å². The van der Waals surface area contributed by atoms with E-state index in [1.807, 2.05) is 4.90 Å². The molecule has 188 valence electrons. The Morgan fingerprint density at radius 2 is 2.06 bits per heavy atom. The van der Waals surface area contributed by atoms with Crippen LogP contribution in [0.3, 0.4) is 0 Å². The number of carbonyl (C=O) groups is 3. The second-order valence-electron chi connectivity index (χ2n) is 8.39. The number of benzene rings is 1. The summed E-state index contributed by atoms with van der Waals surface area (Å²) in [6.07, 6.45) is -0.974. The Morgan fingerprint density at radius 3 is 2.69 bits per heavy atom. The summed E-state index contributed by atoms with van der Waals surface area (Å²) in [5.41, 5.74) is -0.0758. The first-order valence-electron chi connectivity index (χ1n) is 11.1. The van der Waals surface area contributed by atoms with Gasteiger partial charge in [-0.3, -0.25) is 19.3 Å². The van der Waals surface area contributed by atoms with Gasteiger partial charge in [-0.25, -0.2) is 8.78 Å². The third kappa shape index (κ3) is 6.16. The van der Waals surface area contributed by atoms with Crippen LogP contribution in [0.25, 0.3) is 0 Å². The number of thiophene rings is 1. The summed E-state index contributed by atoms with van der Waals surface area (Å²) >= 11 is 7.03. The number of alkyl halides is 2. The molecule has 8 nitrogen and oxygen atoms in total. The lowest BCUT2D eigenvalue weighted by Gasteiger charge is -2.29. The molecule has 0 unspecified atom stereocenters. The van der Waals surface area contributed by atoms with Gasteiger partial charge in [0.25, 0.3) is 18.2 Å². The third-order valence-electron chi connectivity index (χ3n) is 5.98. The van der Waals surface area contributed by atoms with Gasteiger partial charge in [0.05, 0.1) is 21.5 Å². The molecule has 12 heteroatoms. The standard InChI is InChI=1S/C23H25ClF2N4O4S/c1-29(14-3-4-14)17(11-27-23(33)18-6-7-19(24)35-18)22(32)28-13-2-5-16(15(10-13)21(25)26)30-8-9-34-12-20(30)31/h2,5-7,10,14,17,21H,3-4,8-9,11-12H2,1H3,(H,27,33)(H,28,32)/t17-/m0/s1. The van der Waals surface area contributed by atoms with Gasteiger partial charge in [-0.15, -0.1) is 11.3 Å².